The molecule has 0 aromatic heterocycles. The Bertz CT molecular complexity index is 1600. The zero-order chi connectivity index (χ0) is 29.2. The average Bonchev–Trinajstić information content (AvgIpc) is 2.98. The van der Waals surface area contributed by atoms with E-state index in [0.29, 0.717) is 26.9 Å². The number of hydrogen-bond donors (Lipinski definition) is 2. The van der Waals surface area contributed by atoms with Gasteiger partial charge in [-0.2, -0.15) is 5.10 Å². The van der Waals surface area contributed by atoms with E-state index >= 15 is 0 Å². The van der Waals surface area contributed by atoms with Crippen molar-refractivity contribution in [2.24, 2.45) is 5.10 Å². The van der Waals surface area contributed by atoms with Gasteiger partial charge in [0, 0.05) is 29.8 Å². The Kier molecular flexibility index (Phi) is 9.80. The van der Waals surface area contributed by atoms with Crippen LogP contribution in [0.2, 0.25) is 0 Å². The van der Waals surface area contributed by atoms with E-state index in [-0.39, 0.29) is 5.70 Å². The van der Waals surface area contributed by atoms with E-state index < -0.39 is 17.8 Å². The van der Waals surface area contributed by atoms with Gasteiger partial charge in [0.25, 0.3) is 11.8 Å². The Morgan fingerprint density at radius 3 is 2.24 bits per heavy atom. The molecule has 0 saturated carbocycles. The molecule has 0 radical (unpaired) electrons. The summed E-state index contributed by atoms with van der Waals surface area (Å²) in [4.78, 5) is 40.4. The molecule has 4 aromatic rings. The summed E-state index contributed by atoms with van der Waals surface area (Å²) >= 11 is 3.35. The highest BCUT2D eigenvalue weighted by atomic mass is 79.9. The Morgan fingerprint density at radius 2 is 1.54 bits per heavy atom. The van der Waals surface area contributed by atoms with E-state index in [2.05, 4.69) is 31.8 Å². The predicted octanol–water partition coefficient (Wildman–Crippen LogP) is 5.66. The Hall–Kier alpha value is -5.02. The Balaban J connectivity index is 1.48. The van der Waals surface area contributed by atoms with Gasteiger partial charge in [-0.15, -0.1) is 0 Å². The molecule has 41 heavy (non-hydrogen) atoms. The first kappa shape index (κ1) is 29.0. The quantitative estimate of drug-likeness (QED) is 0.0838. The van der Waals surface area contributed by atoms with Crippen molar-refractivity contribution in [3.05, 3.63) is 136 Å². The third kappa shape index (κ3) is 8.23. The highest BCUT2D eigenvalue weighted by Crippen LogP contribution is 2.20. The molecule has 0 bridgehead atoms. The van der Waals surface area contributed by atoms with Crippen molar-refractivity contribution in [3.63, 3.8) is 0 Å². The Morgan fingerprint density at radius 1 is 0.829 bits per heavy atom. The first-order valence-corrected chi connectivity index (χ1v) is 13.3. The van der Waals surface area contributed by atoms with Crippen LogP contribution in [-0.4, -0.2) is 38.1 Å². The van der Waals surface area contributed by atoms with Gasteiger partial charge in [0.05, 0.1) is 11.8 Å². The molecule has 0 saturated heterocycles. The molecule has 9 heteroatoms. The van der Waals surface area contributed by atoms with E-state index in [9.17, 15) is 14.4 Å². The van der Waals surface area contributed by atoms with E-state index in [4.69, 9.17) is 4.74 Å². The molecular weight excluding hydrogens is 584 g/mol. The highest BCUT2D eigenvalue weighted by Gasteiger charge is 2.15. The minimum Gasteiger partial charge on any atom is -0.423 e. The van der Waals surface area contributed by atoms with Crippen LogP contribution in [0.4, 0.5) is 5.69 Å². The molecule has 8 nitrogen and oxygen atoms in total. The van der Waals surface area contributed by atoms with Gasteiger partial charge in [-0.25, -0.2) is 10.2 Å². The number of amides is 2. The Labute approximate surface area is 246 Å². The first-order chi connectivity index (χ1) is 19.8. The highest BCUT2D eigenvalue weighted by molar-refractivity contribution is 9.10. The van der Waals surface area contributed by atoms with Crippen LogP contribution in [0.1, 0.15) is 31.8 Å². The van der Waals surface area contributed by atoms with Crippen LogP contribution < -0.4 is 20.4 Å². The maximum absolute atomic E-state index is 13.1. The fourth-order valence-corrected chi connectivity index (χ4v) is 4.10. The molecule has 0 aliphatic rings. The van der Waals surface area contributed by atoms with Crippen LogP contribution in [0.15, 0.2) is 118 Å². The molecule has 206 valence electrons. The predicted molar refractivity (Wildman–Crippen MR) is 164 cm³/mol. The SMILES string of the molecule is CN(C)c1ccc(/C=C(/NC(=O)c2ccccc2)C(=O)N/N=C/c2cccc(OC(=O)c3ccccc3Br)c2)cc1. The summed E-state index contributed by atoms with van der Waals surface area (Å²) in [5.41, 5.74) is 5.58. The fourth-order valence-electron chi connectivity index (χ4n) is 3.65. The number of hydrazone groups is 1. The third-order valence-electron chi connectivity index (χ3n) is 5.79. The lowest BCUT2D eigenvalue weighted by atomic mass is 10.1. The molecule has 0 heterocycles. The number of carbonyl (C=O) groups is 3. The summed E-state index contributed by atoms with van der Waals surface area (Å²) in [6.07, 6.45) is 2.99. The maximum atomic E-state index is 13.1. The molecule has 2 amide bonds. The molecule has 4 rings (SSSR count). The number of hydrogen-bond acceptors (Lipinski definition) is 6. The normalized spacial score (nSPS) is 11.1. The van der Waals surface area contributed by atoms with Crippen molar-refractivity contribution >= 4 is 51.7 Å². The van der Waals surface area contributed by atoms with E-state index in [1.165, 1.54) is 6.21 Å². The van der Waals surface area contributed by atoms with Crippen LogP contribution in [0.5, 0.6) is 5.75 Å². The molecule has 0 unspecified atom stereocenters. The second kappa shape index (κ2) is 13.9. The van der Waals surface area contributed by atoms with Crippen LogP contribution in [0.25, 0.3) is 6.08 Å². The van der Waals surface area contributed by atoms with Gasteiger partial charge in [-0.05, 0) is 81.7 Å². The lowest BCUT2D eigenvalue weighted by molar-refractivity contribution is -0.117. The van der Waals surface area contributed by atoms with Crippen molar-refractivity contribution in [2.75, 3.05) is 19.0 Å². The number of nitrogens with one attached hydrogen (secondary N) is 2. The first-order valence-electron chi connectivity index (χ1n) is 12.6. The largest absolute Gasteiger partial charge is 0.423 e. The average molecular weight is 611 g/mol. The van der Waals surface area contributed by atoms with Crippen molar-refractivity contribution in [1.82, 2.24) is 10.7 Å². The fraction of sp³-hybridized carbons (Fsp3) is 0.0625. The number of nitrogens with zero attached hydrogens (tertiary/aromatic N) is 2. The summed E-state index contributed by atoms with van der Waals surface area (Å²) in [5.74, 6) is -1.24. The van der Waals surface area contributed by atoms with Crippen LogP contribution >= 0.6 is 15.9 Å². The lowest BCUT2D eigenvalue weighted by Gasteiger charge is -2.12. The maximum Gasteiger partial charge on any atom is 0.344 e. The third-order valence-corrected chi connectivity index (χ3v) is 6.48. The molecule has 0 atom stereocenters. The van der Waals surface area contributed by atoms with Crippen LogP contribution in [0.3, 0.4) is 0 Å². The van der Waals surface area contributed by atoms with Gasteiger partial charge < -0.3 is 15.0 Å². The second-order valence-corrected chi connectivity index (χ2v) is 9.86. The standard InChI is InChI=1S/C32H27BrN4O4/c1-37(2)25-17-15-22(16-18-25)20-29(35-30(38)24-10-4-3-5-11-24)31(39)36-34-21-23-9-8-12-26(19-23)41-32(40)27-13-6-7-14-28(27)33/h3-21H,1-2H3,(H,35,38)(H,36,39)/b29-20+,34-21+. The van der Waals surface area contributed by atoms with Crippen molar-refractivity contribution in [3.8, 4) is 5.75 Å². The van der Waals surface area contributed by atoms with Gasteiger partial charge in [0.15, 0.2) is 0 Å². The summed E-state index contributed by atoms with van der Waals surface area (Å²) < 4.78 is 6.11. The lowest BCUT2D eigenvalue weighted by Crippen LogP contribution is -2.32. The molecule has 0 aliphatic carbocycles. The second-order valence-electron chi connectivity index (χ2n) is 9.01. The molecule has 0 spiro atoms. The summed E-state index contributed by atoms with van der Waals surface area (Å²) in [6, 6.07) is 29.8. The van der Waals surface area contributed by atoms with E-state index in [0.717, 1.165) is 11.3 Å². The van der Waals surface area contributed by atoms with E-state index in [1.807, 2.05) is 43.3 Å². The smallest absolute Gasteiger partial charge is 0.344 e. The number of benzene rings is 4. The molecular formula is C32H27BrN4O4. The number of carbonyl (C=O) groups excluding carboxylic acids is 3. The zero-order valence-corrected chi connectivity index (χ0v) is 24.0. The number of ether oxygens (including phenoxy) is 1. The van der Waals surface area contributed by atoms with Crippen molar-refractivity contribution in [1.29, 1.82) is 0 Å². The topological polar surface area (TPSA) is 100 Å². The van der Waals surface area contributed by atoms with Crippen LogP contribution in [0, 0.1) is 0 Å². The minimum absolute atomic E-state index is 0.0183. The number of halogens is 1. The molecule has 2 N–H and O–H groups in total. The van der Waals surface area contributed by atoms with Gasteiger partial charge in [0.2, 0.25) is 0 Å². The number of anilines is 1. The minimum atomic E-state index is -0.612. The number of rotatable bonds is 9. The van der Waals surface area contributed by atoms with Crippen molar-refractivity contribution < 1.29 is 19.1 Å². The van der Waals surface area contributed by atoms with Crippen molar-refractivity contribution in [2.45, 2.75) is 0 Å². The summed E-state index contributed by atoms with van der Waals surface area (Å²) in [6.45, 7) is 0. The van der Waals surface area contributed by atoms with Gasteiger partial charge in [0.1, 0.15) is 11.4 Å². The zero-order valence-electron chi connectivity index (χ0n) is 22.4. The number of esters is 1. The monoisotopic (exact) mass is 610 g/mol. The van der Waals surface area contributed by atoms with Gasteiger partial charge >= 0.3 is 5.97 Å². The molecule has 4 aromatic carbocycles. The molecule has 0 fully saturated rings. The summed E-state index contributed by atoms with van der Waals surface area (Å²) in [5, 5.41) is 6.73. The molecule has 0 aliphatic heterocycles. The van der Waals surface area contributed by atoms with Crippen LogP contribution in [-0.2, 0) is 4.79 Å². The van der Waals surface area contributed by atoms with E-state index in [1.54, 1.807) is 84.9 Å². The van der Waals surface area contributed by atoms with Gasteiger partial charge in [-0.1, -0.05) is 54.6 Å². The summed E-state index contributed by atoms with van der Waals surface area (Å²) in [7, 11) is 3.87. The van der Waals surface area contributed by atoms with Gasteiger partial charge in [-0.3, -0.25) is 9.59 Å².